The highest BCUT2D eigenvalue weighted by atomic mass is 35.5. The monoisotopic (exact) mass is 329 g/mol. The number of benzene rings is 1. The molecule has 0 amide bonds. The Morgan fingerprint density at radius 2 is 1.85 bits per heavy atom. The Hall–Kier alpha value is -0.680. The van der Waals surface area contributed by atoms with E-state index in [1.165, 1.54) is 6.42 Å². The second kappa shape index (κ2) is 7.93. The lowest BCUT2D eigenvalue weighted by atomic mass is 10.2. The summed E-state index contributed by atoms with van der Waals surface area (Å²) in [4.78, 5) is 0. The lowest BCUT2D eigenvalue weighted by Crippen LogP contribution is -2.16. The number of nitrogens with zero attached hydrogens (tertiary/aromatic N) is 2. The predicted molar refractivity (Wildman–Crippen MR) is 86.8 cm³/mol. The number of aromatic nitrogens is 2. The molecule has 1 heterocycles. The Balaban J connectivity index is 1.94. The summed E-state index contributed by atoms with van der Waals surface area (Å²) < 4.78 is 0. The molecule has 2 rings (SSSR count). The molecule has 0 fully saturated rings. The molecule has 0 radical (unpaired) electrons. The van der Waals surface area contributed by atoms with Gasteiger partial charge in [0.05, 0.1) is 0 Å². The van der Waals surface area contributed by atoms with Crippen molar-refractivity contribution in [2.45, 2.75) is 26.2 Å². The molecule has 1 aromatic carbocycles. The number of nitrogens with one attached hydrogen (secondary N) is 1. The summed E-state index contributed by atoms with van der Waals surface area (Å²) in [6.07, 6.45) is 3.19. The van der Waals surface area contributed by atoms with Crippen molar-refractivity contribution < 1.29 is 0 Å². The molecule has 0 atom stereocenters. The average molecular weight is 330 g/mol. The first-order chi connectivity index (χ1) is 9.69. The van der Waals surface area contributed by atoms with Crippen LogP contribution in [0.5, 0.6) is 0 Å². The lowest BCUT2D eigenvalue weighted by molar-refractivity contribution is 0.637. The Kier molecular flexibility index (Phi) is 6.23. The maximum absolute atomic E-state index is 6.00. The average Bonchev–Trinajstić information content (AvgIpc) is 2.86. The zero-order valence-electron chi connectivity index (χ0n) is 11.3. The Morgan fingerprint density at radius 3 is 2.55 bits per heavy atom. The molecule has 0 bridgehead atoms. The molecule has 1 aromatic heterocycles. The first-order valence-corrected chi connectivity index (χ1v) is 8.26. The summed E-state index contributed by atoms with van der Waals surface area (Å²) in [6.45, 7) is 4.26. The standard InChI is InChI=1S/C14H17Cl2N3S/c1-2-5-17-6-3-4-13-18-19-14(20-13)10-7-11(15)9-12(16)8-10/h7-9,17H,2-6H2,1H3. The van der Waals surface area contributed by atoms with Crippen molar-refractivity contribution in [3.63, 3.8) is 0 Å². The summed E-state index contributed by atoms with van der Waals surface area (Å²) in [6, 6.07) is 5.44. The summed E-state index contributed by atoms with van der Waals surface area (Å²) >= 11 is 13.6. The molecule has 108 valence electrons. The molecule has 2 aromatic rings. The fraction of sp³-hybridized carbons (Fsp3) is 0.429. The molecule has 0 aliphatic heterocycles. The van der Waals surface area contributed by atoms with Crippen LogP contribution in [0.3, 0.4) is 0 Å². The van der Waals surface area contributed by atoms with Crippen LogP contribution >= 0.6 is 34.5 Å². The molecule has 0 spiro atoms. The highest BCUT2D eigenvalue weighted by molar-refractivity contribution is 7.14. The molecule has 0 aliphatic rings. The summed E-state index contributed by atoms with van der Waals surface area (Å²) in [5.74, 6) is 0. The molecule has 0 aliphatic carbocycles. The van der Waals surface area contributed by atoms with E-state index >= 15 is 0 Å². The van der Waals surface area contributed by atoms with E-state index in [1.807, 2.05) is 12.1 Å². The minimum atomic E-state index is 0.619. The van der Waals surface area contributed by atoms with Gasteiger partial charge in [0.15, 0.2) is 0 Å². The van der Waals surface area contributed by atoms with Crippen molar-refractivity contribution in [3.05, 3.63) is 33.3 Å². The van der Waals surface area contributed by atoms with Crippen LogP contribution < -0.4 is 5.32 Å². The van der Waals surface area contributed by atoms with Gasteiger partial charge in [-0.3, -0.25) is 0 Å². The van der Waals surface area contributed by atoms with Crippen molar-refractivity contribution in [2.24, 2.45) is 0 Å². The zero-order chi connectivity index (χ0) is 14.4. The van der Waals surface area contributed by atoms with Gasteiger partial charge in [-0.2, -0.15) is 0 Å². The first-order valence-electron chi connectivity index (χ1n) is 6.68. The molecule has 6 heteroatoms. The minimum Gasteiger partial charge on any atom is -0.317 e. The third-order valence-electron chi connectivity index (χ3n) is 2.75. The van der Waals surface area contributed by atoms with Crippen LogP contribution in [-0.4, -0.2) is 23.3 Å². The van der Waals surface area contributed by atoms with Crippen LogP contribution in [0, 0.1) is 0 Å². The van der Waals surface area contributed by atoms with Gasteiger partial charge in [0.1, 0.15) is 10.0 Å². The summed E-state index contributed by atoms with van der Waals surface area (Å²) in [5, 5.41) is 15.0. The minimum absolute atomic E-state index is 0.619. The summed E-state index contributed by atoms with van der Waals surface area (Å²) in [7, 11) is 0. The molecular weight excluding hydrogens is 313 g/mol. The van der Waals surface area contributed by atoms with Gasteiger partial charge in [0.25, 0.3) is 0 Å². The molecular formula is C14H17Cl2N3S. The van der Waals surface area contributed by atoms with Gasteiger partial charge in [-0.25, -0.2) is 0 Å². The van der Waals surface area contributed by atoms with E-state index in [1.54, 1.807) is 17.4 Å². The van der Waals surface area contributed by atoms with Gasteiger partial charge in [-0.1, -0.05) is 41.5 Å². The number of halogens is 2. The van der Waals surface area contributed by atoms with E-state index < -0.39 is 0 Å². The molecule has 0 unspecified atom stereocenters. The van der Waals surface area contributed by atoms with Crippen molar-refractivity contribution in [3.8, 4) is 10.6 Å². The van der Waals surface area contributed by atoms with Crippen molar-refractivity contribution in [2.75, 3.05) is 13.1 Å². The number of rotatable bonds is 7. The smallest absolute Gasteiger partial charge is 0.147 e. The van der Waals surface area contributed by atoms with E-state index in [0.717, 1.165) is 41.5 Å². The second-order valence-corrected chi connectivity index (χ2v) is 6.45. The predicted octanol–water partition coefficient (Wildman–Crippen LogP) is 4.44. The van der Waals surface area contributed by atoms with Crippen molar-refractivity contribution >= 4 is 34.5 Å². The highest BCUT2D eigenvalue weighted by Gasteiger charge is 2.08. The van der Waals surface area contributed by atoms with Crippen LogP contribution in [0.1, 0.15) is 24.8 Å². The summed E-state index contributed by atoms with van der Waals surface area (Å²) in [5.41, 5.74) is 0.926. The Bertz CT molecular complexity index is 537. The first kappa shape index (κ1) is 15.7. The van der Waals surface area contributed by atoms with Gasteiger partial charge in [-0.15, -0.1) is 10.2 Å². The topological polar surface area (TPSA) is 37.8 Å². The molecule has 0 saturated carbocycles. The molecule has 0 saturated heterocycles. The second-order valence-electron chi connectivity index (χ2n) is 4.51. The van der Waals surface area contributed by atoms with Crippen LogP contribution in [0.4, 0.5) is 0 Å². The lowest BCUT2D eigenvalue weighted by Gasteiger charge is -2.00. The van der Waals surface area contributed by atoms with E-state index in [9.17, 15) is 0 Å². The maximum atomic E-state index is 6.00. The van der Waals surface area contributed by atoms with E-state index in [-0.39, 0.29) is 0 Å². The van der Waals surface area contributed by atoms with Gasteiger partial charge in [-0.05, 0) is 44.1 Å². The quantitative estimate of drug-likeness (QED) is 0.763. The van der Waals surface area contributed by atoms with Crippen LogP contribution in [-0.2, 0) is 6.42 Å². The number of hydrogen-bond donors (Lipinski definition) is 1. The SMILES string of the molecule is CCCNCCCc1nnc(-c2cc(Cl)cc(Cl)c2)s1. The molecule has 1 N–H and O–H groups in total. The maximum Gasteiger partial charge on any atom is 0.147 e. The van der Waals surface area contributed by atoms with Gasteiger partial charge in [0, 0.05) is 22.0 Å². The normalized spacial score (nSPS) is 10.9. The fourth-order valence-electron chi connectivity index (χ4n) is 1.81. The van der Waals surface area contributed by atoms with E-state index in [2.05, 4.69) is 22.4 Å². The highest BCUT2D eigenvalue weighted by Crippen LogP contribution is 2.29. The van der Waals surface area contributed by atoms with Crippen LogP contribution in [0.2, 0.25) is 10.0 Å². The third kappa shape index (κ3) is 4.70. The Morgan fingerprint density at radius 1 is 1.10 bits per heavy atom. The largest absolute Gasteiger partial charge is 0.317 e. The van der Waals surface area contributed by atoms with E-state index in [4.69, 9.17) is 23.2 Å². The van der Waals surface area contributed by atoms with E-state index in [0.29, 0.717) is 10.0 Å². The van der Waals surface area contributed by atoms with Gasteiger partial charge >= 0.3 is 0 Å². The Labute approximate surface area is 133 Å². The van der Waals surface area contributed by atoms with Crippen LogP contribution in [0.25, 0.3) is 10.6 Å². The number of aryl methyl sites for hydroxylation is 1. The van der Waals surface area contributed by atoms with Gasteiger partial charge < -0.3 is 5.32 Å². The molecule has 3 nitrogen and oxygen atoms in total. The zero-order valence-corrected chi connectivity index (χ0v) is 13.7. The van der Waals surface area contributed by atoms with Gasteiger partial charge in [0.2, 0.25) is 0 Å². The number of hydrogen-bond acceptors (Lipinski definition) is 4. The van der Waals surface area contributed by atoms with Crippen molar-refractivity contribution in [1.29, 1.82) is 0 Å². The third-order valence-corrected chi connectivity index (χ3v) is 4.22. The fourth-order valence-corrected chi connectivity index (χ4v) is 3.21. The van der Waals surface area contributed by atoms with Crippen molar-refractivity contribution in [1.82, 2.24) is 15.5 Å². The molecule has 20 heavy (non-hydrogen) atoms. The van der Waals surface area contributed by atoms with Crippen LogP contribution in [0.15, 0.2) is 18.2 Å².